The Morgan fingerprint density at radius 3 is 2.85 bits per heavy atom. The highest BCUT2D eigenvalue weighted by atomic mass is 16.5. The molecule has 0 aliphatic rings. The van der Waals surface area contributed by atoms with E-state index in [1.165, 1.54) is 12.7 Å². The highest BCUT2D eigenvalue weighted by Crippen LogP contribution is 2.04. The molecule has 13 heavy (non-hydrogen) atoms. The molecule has 0 aliphatic heterocycles. The molecule has 1 rings (SSSR count). The standard InChI is InChI=1S/C11H14O2/c1-9-4-3-5-10(6-9)7-11(12)8-13-2/h3-6H,7-8H2,1-2H3. The molecular weight excluding hydrogens is 164 g/mol. The van der Waals surface area contributed by atoms with Gasteiger partial charge in [0.15, 0.2) is 5.78 Å². The van der Waals surface area contributed by atoms with Gasteiger partial charge in [0.25, 0.3) is 0 Å². The van der Waals surface area contributed by atoms with E-state index in [0.29, 0.717) is 6.42 Å². The summed E-state index contributed by atoms with van der Waals surface area (Å²) in [5.74, 6) is 0.119. The molecule has 1 aromatic carbocycles. The van der Waals surface area contributed by atoms with E-state index in [-0.39, 0.29) is 12.4 Å². The van der Waals surface area contributed by atoms with E-state index in [9.17, 15) is 4.79 Å². The van der Waals surface area contributed by atoms with Gasteiger partial charge in [-0.1, -0.05) is 29.8 Å². The smallest absolute Gasteiger partial charge is 0.162 e. The maximum atomic E-state index is 11.2. The van der Waals surface area contributed by atoms with Gasteiger partial charge in [0.1, 0.15) is 6.61 Å². The molecule has 0 bridgehead atoms. The van der Waals surface area contributed by atoms with Crippen LogP contribution in [0.2, 0.25) is 0 Å². The van der Waals surface area contributed by atoms with Crippen LogP contribution in [0.4, 0.5) is 0 Å². The van der Waals surface area contributed by atoms with Crippen molar-refractivity contribution in [2.24, 2.45) is 0 Å². The Hall–Kier alpha value is -1.15. The lowest BCUT2D eigenvalue weighted by Crippen LogP contribution is -2.09. The second-order valence-corrected chi connectivity index (χ2v) is 3.14. The second kappa shape index (κ2) is 4.77. The van der Waals surface area contributed by atoms with Crippen molar-refractivity contribution in [1.82, 2.24) is 0 Å². The van der Waals surface area contributed by atoms with Gasteiger partial charge in [-0.2, -0.15) is 0 Å². The summed E-state index contributed by atoms with van der Waals surface area (Å²) in [6.45, 7) is 2.22. The molecule has 0 aromatic heterocycles. The molecule has 0 amide bonds. The van der Waals surface area contributed by atoms with Gasteiger partial charge in [-0.15, -0.1) is 0 Å². The summed E-state index contributed by atoms with van der Waals surface area (Å²) in [6, 6.07) is 7.96. The lowest BCUT2D eigenvalue weighted by atomic mass is 10.1. The van der Waals surface area contributed by atoms with Crippen molar-refractivity contribution in [2.75, 3.05) is 13.7 Å². The maximum absolute atomic E-state index is 11.2. The van der Waals surface area contributed by atoms with Crippen LogP contribution in [0.3, 0.4) is 0 Å². The highest BCUT2D eigenvalue weighted by molar-refractivity contribution is 5.82. The Morgan fingerprint density at radius 2 is 2.23 bits per heavy atom. The molecule has 0 saturated carbocycles. The zero-order valence-electron chi connectivity index (χ0n) is 8.04. The molecule has 0 fully saturated rings. The van der Waals surface area contributed by atoms with E-state index in [0.717, 1.165) is 5.56 Å². The summed E-state index contributed by atoms with van der Waals surface area (Å²) in [5, 5.41) is 0. The zero-order chi connectivity index (χ0) is 9.68. The number of aryl methyl sites for hydroxylation is 1. The summed E-state index contributed by atoms with van der Waals surface area (Å²) < 4.78 is 4.76. The van der Waals surface area contributed by atoms with Gasteiger partial charge in [0.05, 0.1) is 0 Å². The van der Waals surface area contributed by atoms with Crippen molar-refractivity contribution in [3.63, 3.8) is 0 Å². The number of rotatable bonds is 4. The summed E-state index contributed by atoms with van der Waals surface area (Å²) >= 11 is 0. The minimum absolute atomic E-state index is 0.119. The normalized spacial score (nSPS) is 10.0. The van der Waals surface area contributed by atoms with Crippen molar-refractivity contribution in [3.8, 4) is 0 Å². The molecule has 0 unspecified atom stereocenters. The Bertz CT molecular complexity index is 292. The third-order valence-corrected chi connectivity index (χ3v) is 1.79. The van der Waals surface area contributed by atoms with E-state index >= 15 is 0 Å². The van der Waals surface area contributed by atoms with Gasteiger partial charge >= 0.3 is 0 Å². The number of ether oxygens (including phenoxy) is 1. The first-order valence-electron chi connectivity index (χ1n) is 4.28. The van der Waals surface area contributed by atoms with Gasteiger partial charge in [-0.05, 0) is 12.5 Å². The molecule has 0 N–H and O–H groups in total. The van der Waals surface area contributed by atoms with Gasteiger partial charge in [-0.3, -0.25) is 4.79 Å². The monoisotopic (exact) mass is 178 g/mol. The third-order valence-electron chi connectivity index (χ3n) is 1.79. The van der Waals surface area contributed by atoms with E-state index in [1.807, 2.05) is 31.2 Å². The largest absolute Gasteiger partial charge is 0.377 e. The Morgan fingerprint density at radius 1 is 1.46 bits per heavy atom. The summed E-state index contributed by atoms with van der Waals surface area (Å²) in [4.78, 5) is 11.2. The number of carbonyl (C=O) groups excluding carboxylic acids is 1. The van der Waals surface area contributed by atoms with Crippen LogP contribution >= 0.6 is 0 Å². The fourth-order valence-corrected chi connectivity index (χ4v) is 1.26. The second-order valence-electron chi connectivity index (χ2n) is 3.14. The number of methoxy groups -OCH3 is 1. The molecule has 0 spiro atoms. The van der Waals surface area contributed by atoms with Crippen LogP contribution < -0.4 is 0 Å². The first-order valence-corrected chi connectivity index (χ1v) is 4.28. The predicted octanol–water partition coefficient (Wildman–Crippen LogP) is 1.75. The lowest BCUT2D eigenvalue weighted by Gasteiger charge is -2.01. The van der Waals surface area contributed by atoms with Crippen molar-refractivity contribution >= 4 is 5.78 Å². The fourth-order valence-electron chi connectivity index (χ4n) is 1.26. The van der Waals surface area contributed by atoms with Crippen molar-refractivity contribution in [1.29, 1.82) is 0 Å². The van der Waals surface area contributed by atoms with E-state index in [1.54, 1.807) is 0 Å². The molecule has 2 nitrogen and oxygen atoms in total. The quantitative estimate of drug-likeness (QED) is 0.702. The number of hydrogen-bond donors (Lipinski definition) is 0. The first-order chi connectivity index (χ1) is 6.22. The van der Waals surface area contributed by atoms with Crippen LogP contribution in [-0.2, 0) is 16.0 Å². The maximum Gasteiger partial charge on any atom is 0.162 e. The van der Waals surface area contributed by atoms with Crippen LogP contribution in [0.5, 0.6) is 0 Å². The number of Topliss-reactive ketones (excluding diaryl/α,β-unsaturated/α-hetero) is 1. The topological polar surface area (TPSA) is 26.3 Å². The van der Waals surface area contributed by atoms with Crippen LogP contribution in [0, 0.1) is 6.92 Å². The fraction of sp³-hybridized carbons (Fsp3) is 0.364. The van der Waals surface area contributed by atoms with Gasteiger partial charge < -0.3 is 4.74 Å². The lowest BCUT2D eigenvalue weighted by molar-refractivity contribution is -0.121. The number of hydrogen-bond acceptors (Lipinski definition) is 2. The number of carbonyl (C=O) groups is 1. The molecule has 0 radical (unpaired) electrons. The molecule has 0 saturated heterocycles. The van der Waals surface area contributed by atoms with Gasteiger partial charge in [0, 0.05) is 13.5 Å². The molecule has 0 atom stereocenters. The van der Waals surface area contributed by atoms with E-state index < -0.39 is 0 Å². The Balaban J connectivity index is 2.58. The molecule has 2 heteroatoms. The van der Waals surface area contributed by atoms with Crippen LogP contribution in [0.15, 0.2) is 24.3 Å². The molecule has 0 aliphatic carbocycles. The van der Waals surface area contributed by atoms with Crippen molar-refractivity contribution < 1.29 is 9.53 Å². The molecule has 1 aromatic rings. The Kier molecular flexibility index (Phi) is 3.65. The minimum atomic E-state index is 0.119. The summed E-state index contributed by atoms with van der Waals surface area (Å²) in [7, 11) is 1.54. The number of ketones is 1. The summed E-state index contributed by atoms with van der Waals surface area (Å²) in [6.07, 6.45) is 0.468. The SMILES string of the molecule is COCC(=O)Cc1cccc(C)c1. The zero-order valence-corrected chi connectivity index (χ0v) is 8.04. The van der Waals surface area contributed by atoms with Crippen molar-refractivity contribution in [3.05, 3.63) is 35.4 Å². The van der Waals surface area contributed by atoms with E-state index in [4.69, 9.17) is 4.74 Å². The van der Waals surface area contributed by atoms with Crippen LogP contribution in [-0.4, -0.2) is 19.5 Å². The number of benzene rings is 1. The third kappa shape index (κ3) is 3.38. The van der Waals surface area contributed by atoms with Crippen LogP contribution in [0.1, 0.15) is 11.1 Å². The average Bonchev–Trinajstić information content (AvgIpc) is 2.04. The first kappa shape index (κ1) is 9.93. The molecule has 70 valence electrons. The molecular formula is C11H14O2. The average molecular weight is 178 g/mol. The van der Waals surface area contributed by atoms with Gasteiger partial charge in [-0.25, -0.2) is 0 Å². The molecule has 0 heterocycles. The van der Waals surface area contributed by atoms with Gasteiger partial charge in [0.2, 0.25) is 0 Å². The predicted molar refractivity (Wildman–Crippen MR) is 51.8 cm³/mol. The summed E-state index contributed by atoms with van der Waals surface area (Å²) in [5.41, 5.74) is 2.24. The Labute approximate surface area is 78.5 Å². The van der Waals surface area contributed by atoms with Crippen LogP contribution in [0.25, 0.3) is 0 Å². The van der Waals surface area contributed by atoms with E-state index in [2.05, 4.69) is 0 Å². The minimum Gasteiger partial charge on any atom is -0.377 e. The van der Waals surface area contributed by atoms with Crippen molar-refractivity contribution in [2.45, 2.75) is 13.3 Å². The highest BCUT2D eigenvalue weighted by Gasteiger charge is 2.02.